The molecule has 0 atom stereocenters. The van der Waals surface area contributed by atoms with Crippen molar-refractivity contribution >= 4 is 22.8 Å². The van der Waals surface area contributed by atoms with Gasteiger partial charge in [-0.05, 0) is 35.9 Å². The summed E-state index contributed by atoms with van der Waals surface area (Å²) in [6.07, 6.45) is 0.735. The normalized spacial score (nSPS) is 13.2. The van der Waals surface area contributed by atoms with Crippen LogP contribution in [0.3, 0.4) is 0 Å². The van der Waals surface area contributed by atoms with Gasteiger partial charge < -0.3 is 24.1 Å². The minimum Gasteiger partial charge on any atom is -0.497 e. The number of fused-ring (bicyclic) bond motifs is 3. The van der Waals surface area contributed by atoms with Crippen LogP contribution >= 0.6 is 0 Å². The molecule has 30 heavy (non-hydrogen) atoms. The van der Waals surface area contributed by atoms with Crippen molar-refractivity contribution in [1.82, 2.24) is 9.88 Å². The van der Waals surface area contributed by atoms with E-state index in [0.29, 0.717) is 25.3 Å². The van der Waals surface area contributed by atoms with Crippen LogP contribution in [0.15, 0.2) is 42.5 Å². The first-order valence-corrected chi connectivity index (χ1v) is 9.79. The van der Waals surface area contributed by atoms with Gasteiger partial charge in [0.1, 0.15) is 12.4 Å². The fourth-order valence-corrected chi connectivity index (χ4v) is 3.78. The van der Waals surface area contributed by atoms with E-state index in [1.807, 2.05) is 36.4 Å². The van der Waals surface area contributed by atoms with Crippen LogP contribution in [0.4, 0.5) is 0 Å². The Hall–Kier alpha value is -3.32. The Balaban J connectivity index is 1.42. The number of hydrogen-bond acceptors (Lipinski definition) is 5. The van der Waals surface area contributed by atoms with E-state index < -0.39 is 0 Å². The van der Waals surface area contributed by atoms with Crippen molar-refractivity contribution in [2.75, 3.05) is 27.4 Å². The Morgan fingerprint density at radius 2 is 2.00 bits per heavy atom. The van der Waals surface area contributed by atoms with Crippen molar-refractivity contribution in [3.8, 4) is 5.75 Å². The van der Waals surface area contributed by atoms with Crippen LogP contribution in [0.1, 0.15) is 27.2 Å². The molecule has 0 spiro atoms. The van der Waals surface area contributed by atoms with Crippen LogP contribution in [0, 0.1) is 0 Å². The first kappa shape index (κ1) is 20.0. The highest BCUT2D eigenvalue weighted by atomic mass is 16.5. The van der Waals surface area contributed by atoms with Crippen LogP contribution < -0.4 is 4.74 Å². The van der Waals surface area contributed by atoms with Crippen molar-refractivity contribution in [2.45, 2.75) is 19.6 Å². The zero-order valence-corrected chi connectivity index (χ0v) is 17.1. The van der Waals surface area contributed by atoms with Gasteiger partial charge in [-0.1, -0.05) is 12.1 Å². The van der Waals surface area contributed by atoms with Gasteiger partial charge >= 0.3 is 5.97 Å². The molecule has 1 aromatic heterocycles. The summed E-state index contributed by atoms with van der Waals surface area (Å²) in [6.45, 7) is 1.48. The maximum atomic E-state index is 12.7. The lowest BCUT2D eigenvalue weighted by Gasteiger charge is -2.27. The fraction of sp³-hybridized carbons (Fsp3) is 0.304. The zero-order chi connectivity index (χ0) is 21.1. The Labute approximate surface area is 174 Å². The zero-order valence-electron chi connectivity index (χ0n) is 17.1. The number of carbonyl (C=O) groups is 2. The van der Waals surface area contributed by atoms with E-state index in [-0.39, 0.29) is 18.5 Å². The summed E-state index contributed by atoms with van der Waals surface area (Å²) in [5.74, 6) is 0.334. The van der Waals surface area contributed by atoms with Crippen LogP contribution in [0.5, 0.6) is 5.75 Å². The third kappa shape index (κ3) is 4.02. The van der Waals surface area contributed by atoms with Gasteiger partial charge in [0, 0.05) is 41.7 Å². The molecule has 7 heteroatoms. The van der Waals surface area contributed by atoms with Crippen LogP contribution in [-0.2, 0) is 33.8 Å². The smallest absolute Gasteiger partial charge is 0.337 e. The minimum atomic E-state index is -0.374. The average Bonchev–Trinajstić information content (AvgIpc) is 3.15. The van der Waals surface area contributed by atoms with Crippen molar-refractivity contribution in [2.24, 2.45) is 0 Å². The lowest BCUT2D eigenvalue weighted by atomic mass is 10.0. The molecule has 0 fully saturated rings. The topological polar surface area (TPSA) is 80.9 Å². The van der Waals surface area contributed by atoms with Crippen molar-refractivity contribution < 1.29 is 23.8 Å². The van der Waals surface area contributed by atoms with E-state index >= 15 is 0 Å². The second kappa shape index (κ2) is 8.59. The number of nitrogens with zero attached hydrogens (tertiary/aromatic N) is 1. The van der Waals surface area contributed by atoms with Gasteiger partial charge in [-0.25, -0.2) is 4.79 Å². The van der Waals surface area contributed by atoms with Gasteiger partial charge in [0.05, 0.1) is 26.4 Å². The molecule has 1 aliphatic rings. The molecule has 0 aliphatic carbocycles. The van der Waals surface area contributed by atoms with Gasteiger partial charge in [0.15, 0.2) is 0 Å². The summed E-state index contributed by atoms with van der Waals surface area (Å²) < 4.78 is 15.7. The van der Waals surface area contributed by atoms with E-state index in [1.165, 1.54) is 7.11 Å². The molecule has 7 nitrogen and oxygen atoms in total. The molecule has 0 saturated carbocycles. The van der Waals surface area contributed by atoms with E-state index in [9.17, 15) is 9.59 Å². The largest absolute Gasteiger partial charge is 0.497 e. The van der Waals surface area contributed by atoms with Gasteiger partial charge in [0.2, 0.25) is 5.91 Å². The Morgan fingerprint density at radius 1 is 1.13 bits per heavy atom. The van der Waals surface area contributed by atoms with E-state index in [2.05, 4.69) is 4.98 Å². The third-order valence-corrected chi connectivity index (χ3v) is 5.38. The summed E-state index contributed by atoms with van der Waals surface area (Å²) in [6, 6.07) is 13.0. The first-order valence-electron chi connectivity index (χ1n) is 9.79. The molecule has 0 bridgehead atoms. The summed E-state index contributed by atoms with van der Waals surface area (Å²) in [5, 5.41) is 0.947. The Morgan fingerprint density at radius 3 is 2.80 bits per heavy atom. The maximum Gasteiger partial charge on any atom is 0.337 e. The second-order valence-corrected chi connectivity index (χ2v) is 7.24. The van der Waals surface area contributed by atoms with Crippen molar-refractivity contribution in [3.05, 3.63) is 64.8 Å². The molecule has 1 aliphatic heterocycles. The predicted molar refractivity (Wildman–Crippen MR) is 111 cm³/mol. The molecule has 3 aromatic rings. The molecule has 1 N–H and O–H groups in total. The molecular formula is C23H24N2O5. The number of amides is 1. The lowest BCUT2D eigenvalue weighted by Crippen LogP contribution is -2.38. The quantitative estimate of drug-likeness (QED) is 0.634. The average molecular weight is 408 g/mol. The van der Waals surface area contributed by atoms with E-state index in [0.717, 1.165) is 39.9 Å². The molecule has 2 aromatic carbocycles. The fourth-order valence-electron chi connectivity index (χ4n) is 3.78. The van der Waals surface area contributed by atoms with Gasteiger partial charge in [-0.15, -0.1) is 0 Å². The van der Waals surface area contributed by atoms with Crippen molar-refractivity contribution in [3.63, 3.8) is 0 Å². The number of rotatable bonds is 6. The molecule has 0 radical (unpaired) electrons. The summed E-state index contributed by atoms with van der Waals surface area (Å²) >= 11 is 0. The van der Waals surface area contributed by atoms with Crippen LogP contribution in [-0.4, -0.2) is 49.1 Å². The molecule has 4 rings (SSSR count). The molecular weight excluding hydrogens is 384 g/mol. The van der Waals surface area contributed by atoms with Gasteiger partial charge in [-0.3, -0.25) is 4.79 Å². The van der Waals surface area contributed by atoms with Crippen molar-refractivity contribution in [1.29, 1.82) is 0 Å². The number of esters is 1. The first-order chi connectivity index (χ1) is 14.6. The number of aromatic amines is 1. The standard InChI is InChI=1S/C23H24N2O5/c1-28-17-5-3-4-15(10-17)13-30-14-22(26)25-9-8-21-19(12-25)18-11-16(23(27)29-2)6-7-20(18)24-21/h3-7,10-11,24H,8-9,12-14H2,1-2H3. The minimum absolute atomic E-state index is 0.0162. The summed E-state index contributed by atoms with van der Waals surface area (Å²) in [4.78, 5) is 29.8. The number of aromatic nitrogens is 1. The Bertz CT molecular complexity index is 1090. The number of carbonyl (C=O) groups excluding carboxylic acids is 2. The molecule has 1 amide bonds. The molecule has 156 valence electrons. The van der Waals surface area contributed by atoms with Gasteiger partial charge in [-0.2, -0.15) is 0 Å². The highest BCUT2D eigenvalue weighted by molar-refractivity contribution is 5.96. The SMILES string of the molecule is COC(=O)c1ccc2[nH]c3c(c2c1)CN(C(=O)COCc1cccc(OC)c1)CC3. The number of hydrogen-bond donors (Lipinski definition) is 1. The second-order valence-electron chi connectivity index (χ2n) is 7.24. The highest BCUT2D eigenvalue weighted by Crippen LogP contribution is 2.29. The Kier molecular flexibility index (Phi) is 5.72. The number of H-pyrrole nitrogens is 1. The third-order valence-electron chi connectivity index (χ3n) is 5.38. The van der Waals surface area contributed by atoms with E-state index in [4.69, 9.17) is 14.2 Å². The maximum absolute atomic E-state index is 12.7. The molecule has 0 unspecified atom stereocenters. The number of methoxy groups -OCH3 is 2. The van der Waals surface area contributed by atoms with Crippen LogP contribution in [0.25, 0.3) is 10.9 Å². The van der Waals surface area contributed by atoms with E-state index in [1.54, 1.807) is 18.1 Å². The number of benzene rings is 2. The highest BCUT2D eigenvalue weighted by Gasteiger charge is 2.24. The predicted octanol–water partition coefficient (Wildman–Crippen LogP) is 3.06. The molecule has 0 saturated heterocycles. The summed E-state index contributed by atoms with van der Waals surface area (Å²) in [7, 11) is 2.98. The number of nitrogens with one attached hydrogen (secondary N) is 1. The number of ether oxygens (including phenoxy) is 3. The summed E-state index contributed by atoms with van der Waals surface area (Å²) in [5.41, 5.74) is 4.56. The van der Waals surface area contributed by atoms with Gasteiger partial charge in [0.25, 0.3) is 0 Å². The monoisotopic (exact) mass is 408 g/mol. The molecule has 2 heterocycles. The van der Waals surface area contributed by atoms with Crippen LogP contribution in [0.2, 0.25) is 0 Å². The lowest BCUT2D eigenvalue weighted by molar-refractivity contribution is -0.137.